The minimum absolute atomic E-state index is 0.0341. The summed E-state index contributed by atoms with van der Waals surface area (Å²) in [7, 11) is -3.95. The van der Waals surface area contributed by atoms with Crippen LogP contribution in [-0.4, -0.2) is 31.9 Å². The third-order valence-corrected chi connectivity index (χ3v) is 5.23. The summed E-state index contributed by atoms with van der Waals surface area (Å²) in [6.07, 6.45) is 0. The van der Waals surface area contributed by atoms with E-state index in [-0.39, 0.29) is 31.2 Å². The Morgan fingerprint density at radius 3 is 2.24 bits per heavy atom. The molecule has 1 aromatic carbocycles. The second-order valence-electron chi connectivity index (χ2n) is 4.96. The summed E-state index contributed by atoms with van der Waals surface area (Å²) in [6.45, 7) is 7.42. The molecule has 0 fully saturated rings. The smallest absolute Gasteiger partial charge is 0.245 e. The van der Waals surface area contributed by atoms with E-state index in [0.717, 1.165) is 16.4 Å². The first-order valence-corrected chi connectivity index (χ1v) is 8.40. The lowest BCUT2D eigenvalue weighted by Gasteiger charge is -2.20. The van der Waals surface area contributed by atoms with Gasteiger partial charge in [0, 0.05) is 31.2 Å². The van der Waals surface area contributed by atoms with Crippen molar-refractivity contribution in [1.82, 2.24) is 9.62 Å². The van der Waals surface area contributed by atoms with Crippen LogP contribution in [0.15, 0.2) is 17.0 Å². The lowest BCUT2D eigenvalue weighted by Crippen LogP contribution is -2.32. The molecule has 0 atom stereocenters. The van der Waals surface area contributed by atoms with E-state index in [0.29, 0.717) is 0 Å². The third-order valence-electron chi connectivity index (χ3n) is 3.16. The van der Waals surface area contributed by atoms with Crippen molar-refractivity contribution >= 4 is 10.0 Å². The van der Waals surface area contributed by atoms with Gasteiger partial charge in [-0.2, -0.15) is 4.31 Å². The molecular weight excluding hydrogens is 298 g/mol. The van der Waals surface area contributed by atoms with Gasteiger partial charge in [-0.05, 0) is 12.1 Å². The fraction of sp³-hybridized carbons (Fsp3) is 0.571. The van der Waals surface area contributed by atoms with Crippen LogP contribution in [-0.2, 0) is 16.6 Å². The molecule has 0 heterocycles. The molecule has 0 aliphatic heterocycles. The second-order valence-corrected chi connectivity index (χ2v) is 6.87. The number of nitrogens with zero attached hydrogens (tertiary/aromatic N) is 1. The maximum atomic E-state index is 14.4. The van der Waals surface area contributed by atoms with E-state index in [1.165, 1.54) is 0 Å². The molecule has 0 amide bonds. The van der Waals surface area contributed by atoms with Crippen LogP contribution in [0.1, 0.15) is 33.3 Å². The Hall–Kier alpha value is -1.05. The Morgan fingerprint density at radius 1 is 1.19 bits per heavy atom. The van der Waals surface area contributed by atoms with Crippen molar-refractivity contribution in [1.29, 1.82) is 0 Å². The second kappa shape index (κ2) is 7.29. The van der Waals surface area contributed by atoms with Crippen LogP contribution in [0.5, 0.6) is 0 Å². The standard InChI is InChI=1S/C14H22F2N2O2S/c1-5-18(6-2)21(19,20)13-8-7-12(15)11(14(13)16)9-17-10(3)4/h7-8,10,17H,5-6,9H2,1-4H3. The molecule has 0 radical (unpaired) electrons. The minimum Gasteiger partial charge on any atom is -0.310 e. The van der Waals surface area contributed by atoms with Crippen LogP contribution < -0.4 is 5.32 Å². The largest absolute Gasteiger partial charge is 0.310 e. The fourth-order valence-corrected chi connectivity index (χ4v) is 3.49. The average Bonchev–Trinajstić information content (AvgIpc) is 2.38. The zero-order chi connectivity index (χ0) is 16.2. The first kappa shape index (κ1) is 18.0. The van der Waals surface area contributed by atoms with Crippen LogP contribution in [0.3, 0.4) is 0 Å². The quantitative estimate of drug-likeness (QED) is 0.840. The van der Waals surface area contributed by atoms with Crippen molar-refractivity contribution in [2.75, 3.05) is 13.1 Å². The molecule has 0 bridgehead atoms. The first-order chi connectivity index (χ1) is 9.75. The van der Waals surface area contributed by atoms with E-state index >= 15 is 0 Å². The molecular formula is C14H22F2N2O2S. The number of rotatable bonds is 7. The van der Waals surface area contributed by atoms with Gasteiger partial charge in [-0.25, -0.2) is 17.2 Å². The Kier molecular flexibility index (Phi) is 6.24. The summed E-state index contributed by atoms with van der Waals surface area (Å²) in [5, 5.41) is 2.89. The fourth-order valence-electron chi connectivity index (χ4n) is 1.95. The maximum absolute atomic E-state index is 14.4. The Labute approximate surface area is 125 Å². The minimum atomic E-state index is -3.95. The molecule has 120 valence electrons. The van der Waals surface area contributed by atoms with E-state index in [1.807, 2.05) is 13.8 Å². The van der Waals surface area contributed by atoms with Crippen LogP contribution in [0, 0.1) is 11.6 Å². The molecule has 0 aliphatic carbocycles. The van der Waals surface area contributed by atoms with Gasteiger partial charge in [0.25, 0.3) is 0 Å². The predicted molar refractivity (Wildman–Crippen MR) is 78.4 cm³/mol. The number of hydrogen-bond donors (Lipinski definition) is 1. The van der Waals surface area contributed by atoms with E-state index in [1.54, 1.807) is 13.8 Å². The van der Waals surface area contributed by atoms with Gasteiger partial charge in [-0.1, -0.05) is 27.7 Å². The van der Waals surface area contributed by atoms with E-state index in [9.17, 15) is 17.2 Å². The highest BCUT2D eigenvalue weighted by molar-refractivity contribution is 7.89. The number of halogens is 2. The molecule has 0 spiro atoms. The predicted octanol–water partition coefficient (Wildman–Crippen LogP) is 2.49. The summed E-state index contributed by atoms with van der Waals surface area (Å²) in [4.78, 5) is -0.479. The molecule has 0 saturated carbocycles. The average molecular weight is 320 g/mol. The van der Waals surface area contributed by atoms with Crippen LogP contribution in [0.25, 0.3) is 0 Å². The molecule has 0 unspecified atom stereocenters. The van der Waals surface area contributed by atoms with Crippen molar-refractivity contribution < 1.29 is 17.2 Å². The normalized spacial score (nSPS) is 12.4. The molecule has 21 heavy (non-hydrogen) atoms. The summed E-state index contributed by atoms with van der Waals surface area (Å²) in [5.41, 5.74) is -0.253. The number of benzene rings is 1. The summed E-state index contributed by atoms with van der Waals surface area (Å²) in [5.74, 6) is -1.77. The zero-order valence-electron chi connectivity index (χ0n) is 12.8. The van der Waals surface area contributed by atoms with Gasteiger partial charge in [-0.15, -0.1) is 0 Å². The molecule has 4 nitrogen and oxygen atoms in total. The molecule has 7 heteroatoms. The molecule has 1 rings (SSSR count). The van der Waals surface area contributed by atoms with Crippen molar-refractivity contribution in [2.24, 2.45) is 0 Å². The Bertz CT molecular complexity index is 585. The molecule has 0 aliphatic rings. The Balaban J connectivity index is 3.30. The summed E-state index contributed by atoms with van der Waals surface area (Å²) >= 11 is 0. The Morgan fingerprint density at radius 2 is 1.76 bits per heavy atom. The molecule has 0 saturated heterocycles. The van der Waals surface area contributed by atoms with Gasteiger partial charge in [0.1, 0.15) is 10.7 Å². The van der Waals surface area contributed by atoms with Gasteiger partial charge in [0.15, 0.2) is 5.82 Å². The van der Waals surface area contributed by atoms with E-state index in [4.69, 9.17) is 0 Å². The third kappa shape index (κ3) is 3.99. The highest BCUT2D eigenvalue weighted by Crippen LogP contribution is 2.24. The van der Waals surface area contributed by atoms with E-state index < -0.39 is 26.6 Å². The number of sulfonamides is 1. The van der Waals surface area contributed by atoms with Crippen molar-refractivity contribution in [2.45, 2.75) is 45.2 Å². The molecule has 0 aromatic heterocycles. The topological polar surface area (TPSA) is 49.4 Å². The number of hydrogen-bond acceptors (Lipinski definition) is 3. The number of nitrogens with one attached hydrogen (secondary N) is 1. The monoisotopic (exact) mass is 320 g/mol. The lowest BCUT2D eigenvalue weighted by molar-refractivity contribution is 0.436. The molecule has 1 aromatic rings. The van der Waals surface area contributed by atoms with Gasteiger partial charge in [0.05, 0.1) is 0 Å². The van der Waals surface area contributed by atoms with Crippen LogP contribution >= 0.6 is 0 Å². The van der Waals surface area contributed by atoms with E-state index in [2.05, 4.69) is 5.32 Å². The summed E-state index contributed by atoms with van der Waals surface area (Å²) < 4.78 is 54.0. The van der Waals surface area contributed by atoms with Crippen molar-refractivity contribution in [3.8, 4) is 0 Å². The van der Waals surface area contributed by atoms with Crippen molar-refractivity contribution in [3.05, 3.63) is 29.3 Å². The SMILES string of the molecule is CCN(CC)S(=O)(=O)c1ccc(F)c(CNC(C)C)c1F. The van der Waals surface area contributed by atoms with Gasteiger partial charge in [0.2, 0.25) is 10.0 Å². The maximum Gasteiger partial charge on any atom is 0.245 e. The highest BCUT2D eigenvalue weighted by atomic mass is 32.2. The van der Waals surface area contributed by atoms with Crippen LogP contribution in [0.2, 0.25) is 0 Å². The highest BCUT2D eigenvalue weighted by Gasteiger charge is 2.27. The van der Waals surface area contributed by atoms with Crippen LogP contribution in [0.4, 0.5) is 8.78 Å². The lowest BCUT2D eigenvalue weighted by atomic mass is 10.2. The summed E-state index contributed by atoms with van der Waals surface area (Å²) in [6, 6.07) is 2.01. The van der Waals surface area contributed by atoms with Gasteiger partial charge >= 0.3 is 0 Å². The van der Waals surface area contributed by atoms with Gasteiger partial charge < -0.3 is 5.32 Å². The van der Waals surface area contributed by atoms with Gasteiger partial charge in [-0.3, -0.25) is 0 Å². The zero-order valence-corrected chi connectivity index (χ0v) is 13.6. The first-order valence-electron chi connectivity index (χ1n) is 6.96. The molecule has 1 N–H and O–H groups in total. The van der Waals surface area contributed by atoms with Crippen molar-refractivity contribution in [3.63, 3.8) is 0 Å².